The van der Waals surface area contributed by atoms with E-state index < -0.39 is 11.9 Å². The van der Waals surface area contributed by atoms with Crippen molar-refractivity contribution in [2.75, 3.05) is 6.54 Å². The molecule has 6 nitrogen and oxygen atoms in total. The highest BCUT2D eigenvalue weighted by Crippen LogP contribution is 2.37. The minimum Gasteiger partial charge on any atom is -0.347 e. The summed E-state index contributed by atoms with van der Waals surface area (Å²) in [6.45, 7) is 0.877. The first-order valence-corrected chi connectivity index (χ1v) is 8.00. The number of aryl methyl sites for hydroxylation is 1. The van der Waals surface area contributed by atoms with Crippen LogP contribution in [0, 0.1) is 0 Å². The molecule has 0 unspecified atom stereocenters. The van der Waals surface area contributed by atoms with Crippen LogP contribution in [-0.2, 0) is 26.2 Å². The maximum atomic E-state index is 13.0. The molecule has 0 spiro atoms. The van der Waals surface area contributed by atoms with Crippen LogP contribution in [0.2, 0.25) is 0 Å². The number of alkyl halides is 3. The van der Waals surface area contributed by atoms with Gasteiger partial charge in [-0.25, -0.2) is 4.98 Å². The Kier molecular flexibility index (Phi) is 3.21. The van der Waals surface area contributed by atoms with E-state index in [1.54, 1.807) is 11.2 Å². The number of hydrogen-bond acceptors (Lipinski definition) is 4. The summed E-state index contributed by atoms with van der Waals surface area (Å²) in [6.07, 6.45) is -2.33. The first kappa shape index (κ1) is 15.2. The molecule has 1 aliphatic heterocycles. The highest BCUT2D eigenvalue weighted by molar-refractivity contribution is 7.20. The molecule has 0 fully saturated rings. The van der Waals surface area contributed by atoms with Gasteiger partial charge in [0.2, 0.25) is 0 Å². The van der Waals surface area contributed by atoms with Crippen molar-refractivity contribution in [1.29, 1.82) is 0 Å². The number of thiophene rings is 1. The second-order valence-electron chi connectivity index (χ2n) is 5.60. The van der Waals surface area contributed by atoms with Crippen molar-refractivity contribution in [1.82, 2.24) is 24.6 Å². The van der Waals surface area contributed by atoms with E-state index in [1.807, 2.05) is 0 Å². The maximum absolute atomic E-state index is 13.0. The number of nitrogens with zero attached hydrogens (tertiary/aromatic N) is 4. The Morgan fingerprint density at radius 3 is 2.96 bits per heavy atom. The number of imidazole rings is 1. The van der Waals surface area contributed by atoms with Crippen molar-refractivity contribution in [2.24, 2.45) is 7.05 Å². The van der Waals surface area contributed by atoms with Gasteiger partial charge in [0.15, 0.2) is 5.69 Å². The standard InChI is InChI=1S/C14H12F3N5OS/c1-21-13-7(11(20-21)14(15,16)17)4-10(24-13)12(23)22-3-2-8-9(5-22)19-6-18-8/h4,6H,2-3,5H2,1H3,(H,18,19). The molecule has 1 aliphatic rings. The fourth-order valence-corrected chi connectivity index (χ4v) is 3.94. The third-order valence-electron chi connectivity index (χ3n) is 4.05. The molecule has 3 aromatic rings. The highest BCUT2D eigenvalue weighted by atomic mass is 32.1. The molecule has 0 saturated heterocycles. The van der Waals surface area contributed by atoms with Gasteiger partial charge in [-0.15, -0.1) is 11.3 Å². The van der Waals surface area contributed by atoms with Crippen LogP contribution in [-0.4, -0.2) is 37.1 Å². The van der Waals surface area contributed by atoms with Crippen molar-refractivity contribution in [2.45, 2.75) is 19.1 Å². The molecule has 0 atom stereocenters. The molecular weight excluding hydrogens is 343 g/mol. The number of nitrogens with one attached hydrogen (secondary N) is 1. The van der Waals surface area contributed by atoms with Crippen LogP contribution in [0.15, 0.2) is 12.4 Å². The Morgan fingerprint density at radius 2 is 2.21 bits per heavy atom. The van der Waals surface area contributed by atoms with Gasteiger partial charge in [0.25, 0.3) is 5.91 Å². The van der Waals surface area contributed by atoms with Crippen molar-refractivity contribution in [3.05, 3.63) is 34.4 Å². The largest absolute Gasteiger partial charge is 0.435 e. The summed E-state index contributed by atoms with van der Waals surface area (Å²) in [6, 6.07) is 1.29. The van der Waals surface area contributed by atoms with Crippen LogP contribution in [0.4, 0.5) is 13.2 Å². The van der Waals surface area contributed by atoms with E-state index in [0.717, 1.165) is 22.7 Å². The summed E-state index contributed by atoms with van der Waals surface area (Å²) in [4.78, 5) is 22.1. The number of halogens is 3. The molecular formula is C14H12F3N5OS. The fourth-order valence-electron chi connectivity index (χ4n) is 2.90. The summed E-state index contributed by atoms with van der Waals surface area (Å²) in [5.41, 5.74) is 0.845. The van der Waals surface area contributed by atoms with Crippen LogP contribution in [0.5, 0.6) is 0 Å². The third kappa shape index (κ3) is 2.29. The molecule has 1 amide bonds. The van der Waals surface area contributed by atoms with Gasteiger partial charge in [-0.05, 0) is 6.07 Å². The summed E-state index contributed by atoms with van der Waals surface area (Å²) in [5.74, 6) is -0.274. The molecule has 3 aromatic heterocycles. The number of aromatic nitrogens is 4. The second-order valence-corrected chi connectivity index (χ2v) is 6.63. The molecule has 0 aliphatic carbocycles. The van der Waals surface area contributed by atoms with Crippen molar-refractivity contribution in [3.8, 4) is 0 Å². The monoisotopic (exact) mass is 355 g/mol. The second kappa shape index (κ2) is 5.07. The molecule has 1 N–H and O–H groups in total. The van der Waals surface area contributed by atoms with Crippen LogP contribution < -0.4 is 0 Å². The van der Waals surface area contributed by atoms with E-state index in [-0.39, 0.29) is 16.2 Å². The average molecular weight is 355 g/mol. The summed E-state index contributed by atoms with van der Waals surface area (Å²) < 4.78 is 40.3. The van der Waals surface area contributed by atoms with Crippen molar-refractivity contribution >= 4 is 27.5 Å². The minimum absolute atomic E-state index is 0.0300. The van der Waals surface area contributed by atoms with Crippen LogP contribution >= 0.6 is 11.3 Å². The van der Waals surface area contributed by atoms with Gasteiger partial charge in [-0.1, -0.05) is 0 Å². The van der Waals surface area contributed by atoms with Gasteiger partial charge in [-0.2, -0.15) is 18.3 Å². The zero-order chi connectivity index (χ0) is 17.1. The Labute approximate surface area is 137 Å². The zero-order valence-electron chi connectivity index (χ0n) is 12.5. The van der Waals surface area contributed by atoms with E-state index >= 15 is 0 Å². The molecule has 24 heavy (non-hydrogen) atoms. The van der Waals surface area contributed by atoms with E-state index in [0.29, 0.717) is 24.3 Å². The number of rotatable bonds is 1. The third-order valence-corrected chi connectivity index (χ3v) is 5.24. The summed E-state index contributed by atoms with van der Waals surface area (Å²) in [5, 5.41) is 3.49. The molecule has 0 saturated carbocycles. The molecule has 10 heteroatoms. The smallest absolute Gasteiger partial charge is 0.347 e. The van der Waals surface area contributed by atoms with E-state index in [1.165, 1.54) is 17.8 Å². The van der Waals surface area contributed by atoms with E-state index in [4.69, 9.17) is 0 Å². The molecule has 0 radical (unpaired) electrons. The first-order chi connectivity index (χ1) is 11.3. The summed E-state index contributed by atoms with van der Waals surface area (Å²) in [7, 11) is 1.44. The predicted molar refractivity (Wildman–Crippen MR) is 80.6 cm³/mol. The van der Waals surface area contributed by atoms with E-state index in [9.17, 15) is 18.0 Å². The van der Waals surface area contributed by atoms with Gasteiger partial charge in [0.05, 0.1) is 29.1 Å². The van der Waals surface area contributed by atoms with Gasteiger partial charge >= 0.3 is 6.18 Å². The lowest BCUT2D eigenvalue weighted by atomic mass is 10.1. The minimum atomic E-state index is -4.54. The lowest BCUT2D eigenvalue weighted by molar-refractivity contribution is -0.140. The molecule has 0 aromatic carbocycles. The Bertz CT molecular complexity index is 938. The summed E-state index contributed by atoms with van der Waals surface area (Å²) >= 11 is 1.03. The molecule has 4 heterocycles. The zero-order valence-corrected chi connectivity index (χ0v) is 13.3. The Balaban J connectivity index is 1.68. The Morgan fingerprint density at radius 1 is 1.42 bits per heavy atom. The SMILES string of the molecule is Cn1nc(C(F)(F)F)c2cc(C(=O)N3CCc4nc[nH]c4C3)sc21. The maximum Gasteiger partial charge on any atom is 0.435 e. The van der Waals surface area contributed by atoms with Crippen molar-refractivity contribution in [3.63, 3.8) is 0 Å². The Hall–Kier alpha value is -2.36. The molecule has 4 rings (SSSR count). The number of hydrogen-bond donors (Lipinski definition) is 1. The lowest BCUT2D eigenvalue weighted by Gasteiger charge is -2.25. The highest BCUT2D eigenvalue weighted by Gasteiger charge is 2.38. The van der Waals surface area contributed by atoms with Crippen molar-refractivity contribution < 1.29 is 18.0 Å². The lowest BCUT2D eigenvalue weighted by Crippen LogP contribution is -2.35. The fraction of sp³-hybridized carbons (Fsp3) is 0.357. The van der Waals surface area contributed by atoms with Crippen LogP contribution in [0.3, 0.4) is 0 Å². The number of fused-ring (bicyclic) bond motifs is 2. The number of H-pyrrole nitrogens is 1. The number of carbonyl (C=O) groups is 1. The quantitative estimate of drug-likeness (QED) is 0.730. The van der Waals surface area contributed by atoms with Crippen LogP contribution in [0.1, 0.15) is 26.8 Å². The number of carbonyl (C=O) groups excluding carboxylic acids is 1. The van der Waals surface area contributed by atoms with E-state index in [2.05, 4.69) is 15.1 Å². The molecule has 126 valence electrons. The number of aromatic amines is 1. The average Bonchev–Trinajstić information content (AvgIpc) is 3.21. The van der Waals surface area contributed by atoms with Gasteiger partial charge in [0, 0.05) is 25.4 Å². The number of amides is 1. The predicted octanol–water partition coefficient (Wildman–Crippen LogP) is 2.58. The van der Waals surface area contributed by atoms with Gasteiger partial charge in [0.1, 0.15) is 4.83 Å². The normalized spacial score (nSPS) is 15.1. The molecule has 0 bridgehead atoms. The van der Waals surface area contributed by atoms with Crippen LogP contribution in [0.25, 0.3) is 10.2 Å². The topological polar surface area (TPSA) is 66.8 Å². The first-order valence-electron chi connectivity index (χ1n) is 7.18. The van der Waals surface area contributed by atoms with Gasteiger partial charge in [-0.3, -0.25) is 9.48 Å². The van der Waals surface area contributed by atoms with Gasteiger partial charge < -0.3 is 9.88 Å².